The average Bonchev–Trinajstić information content (AvgIpc) is 3.40. The molecule has 0 aliphatic carbocycles. The lowest BCUT2D eigenvalue weighted by Crippen LogP contribution is -2.13. The molecule has 4 atom stereocenters. The second-order valence-electron chi connectivity index (χ2n) is 5.81. The predicted octanol–water partition coefficient (Wildman–Crippen LogP) is 1.16. The second kappa shape index (κ2) is 6.67. The fourth-order valence-corrected chi connectivity index (χ4v) is 1.83. The third-order valence-corrected chi connectivity index (χ3v) is 3.45. The summed E-state index contributed by atoms with van der Waals surface area (Å²) in [5, 5.41) is 0. The predicted molar refractivity (Wildman–Crippen MR) is 79.8 cm³/mol. The van der Waals surface area contributed by atoms with Crippen LogP contribution in [-0.4, -0.2) is 59.2 Å². The van der Waals surface area contributed by atoms with Gasteiger partial charge in [-0.25, -0.2) is 0 Å². The quantitative estimate of drug-likeness (QED) is 0.494. The lowest BCUT2D eigenvalue weighted by Gasteiger charge is -2.09. The van der Waals surface area contributed by atoms with Gasteiger partial charge in [0.15, 0.2) is 0 Å². The number of ether oxygens (including phenoxy) is 5. The maximum atomic E-state index is 5.53. The third-order valence-electron chi connectivity index (χ3n) is 3.45. The SMILES string of the molecule is C=C(C)COc1nc(OCC2OC2C)nc(OCC2OC2C)n1. The lowest BCUT2D eigenvalue weighted by molar-refractivity contribution is 0.213. The minimum absolute atomic E-state index is 0.0802. The van der Waals surface area contributed by atoms with Crippen molar-refractivity contribution < 1.29 is 23.7 Å². The maximum absolute atomic E-state index is 5.53. The zero-order valence-electron chi connectivity index (χ0n) is 13.5. The van der Waals surface area contributed by atoms with E-state index in [1.54, 1.807) is 0 Å². The van der Waals surface area contributed by atoms with E-state index in [9.17, 15) is 0 Å². The first-order valence-corrected chi connectivity index (χ1v) is 7.61. The van der Waals surface area contributed by atoms with Crippen LogP contribution in [0.2, 0.25) is 0 Å². The maximum Gasteiger partial charge on any atom is 0.326 e. The Morgan fingerprint density at radius 3 is 1.65 bits per heavy atom. The summed E-state index contributed by atoms with van der Waals surface area (Å²) in [5.41, 5.74) is 0.857. The lowest BCUT2D eigenvalue weighted by atomic mass is 10.4. The fraction of sp³-hybridized carbons (Fsp3) is 0.667. The molecule has 2 saturated heterocycles. The average molecular weight is 323 g/mol. The molecule has 8 heteroatoms. The topological polar surface area (TPSA) is 91.4 Å². The van der Waals surface area contributed by atoms with E-state index in [4.69, 9.17) is 23.7 Å². The van der Waals surface area contributed by atoms with Crippen molar-refractivity contribution >= 4 is 0 Å². The number of hydrogen-bond donors (Lipinski definition) is 0. The van der Waals surface area contributed by atoms with Gasteiger partial charge in [-0.1, -0.05) is 6.58 Å². The van der Waals surface area contributed by atoms with Crippen LogP contribution in [0.1, 0.15) is 20.8 Å². The molecule has 3 rings (SSSR count). The van der Waals surface area contributed by atoms with Crippen molar-refractivity contribution in [3.63, 3.8) is 0 Å². The van der Waals surface area contributed by atoms with Crippen LogP contribution in [0, 0.1) is 0 Å². The minimum atomic E-state index is 0.0802. The number of hydrogen-bond acceptors (Lipinski definition) is 8. The first-order valence-electron chi connectivity index (χ1n) is 7.61. The van der Waals surface area contributed by atoms with E-state index in [1.807, 2.05) is 20.8 Å². The van der Waals surface area contributed by atoms with Gasteiger partial charge >= 0.3 is 18.0 Å². The van der Waals surface area contributed by atoms with Crippen LogP contribution in [0.25, 0.3) is 0 Å². The summed E-state index contributed by atoms with van der Waals surface area (Å²) in [5.74, 6) is 0. The Hall–Kier alpha value is -1.93. The highest BCUT2D eigenvalue weighted by Crippen LogP contribution is 2.24. The number of rotatable bonds is 9. The third kappa shape index (κ3) is 4.77. The summed E-state index contributed by atoms with van der Waals surface area (Å²) < 4.78 is 27.1. The molecule has 0 aromatic carbocycles. The van der Waals surface area contributed by atoms with Gasteiger partial charge in [-0.2, -0.15) is 0 Å². The van der Waals surface area contributed by atoms with Crippen molar-refractivity contribution in [3.8, 4) is 18.0 Å². The molecule has 0 saturated carbocycles. The van der Waals surface area contributed by atoms with Crippen molar-refractivity contribution in [2.24, 2.45) is 0 Å². The first-order chi connectivity index (χ1) is 11.0. The summed E-state index contributed by atoms with van der Waals surface area (Å²) >= 11 is 0. The molecule has 23 heavy (non-hydrogen) atoms. The largest absolute Gasteiger partial charge is 0.460 e. The van der Waals surface area contributed by atoms with E-state index < -0.39 is 0 Å². The molecule has 2 aliphatic heterocycles. The molecule has 2 fully saturated rings. The molecule has 4 unspecified atom stereocenters. The molecule has 2 aliphatic rings. The Morgan fingerprint density at radius 1 is 0.913 bits per heavy atom. The monoisotopic (exact) mass is 323 g/mol. The fourth-order valence-electron chi connectivity index (χ4n) is 1.83. The van der Waals surface area contributed by atoms with Gasteiger partial charge in [0.2, 0.25) is 0 Å². The van der Waals surface area contributed by atoms with Gasteiger partial charge in [-0.05, 0) is 26.3 Å². The van der Waals surface area contributed by atoms with Crippen LogP contribution in [0.5, 0.6) is 18.0 Å². The van der Waals surface area contributed by atoms with E-state index in [-0.39, 0.29) is 42.4 Å². The Balaban J connectivity index is 1.62. The summed E-state index contributed by atoms with van der Waals surface area (Å²) in [4.78, 5) is 12.4. The number of aromatic nitrogens is 3. The van der Waals surface area contributed by atoms with Crippen molar-refractivity contribution in [1.29, 1.82) is 0 Å². The van der Waals surface area contributed by atoms with Gasteiger partial charge in [-0.15, -0.1) is 15.0 Å². The molecule has 3 heterocycles. The number of epoxide rings is 2. The summed E-state index contributed by atoms with van der Waals surface area (Å²) in [6, 6.07) is 0.445. The highest BCUT2D eigenvalue weighted by molar-refractivity contribution is 5.10. The minimum Gasteiger partial charge on any atom is -0.460 e. The molecule has 1 aromatic heterocycles. The van der Waals surface area contributed by atoms with E-state index in [0.717, 1.165) is 5.57 Å². The van der Waals surface area contributed by atoms with Gasteiger partial charge < -0.3 is 23.7 Å². The molecule has 0 N–H and O–H groups in total. The standard InChI is InChI=1S/C15H21N3O5/c1-8(2)5-19-13-16-14(20-6-11-9(3)22-11)18-15(17-13)21-7-12-10(4)23-12/h9-12H,1,5-7H2,2-4H3. The van der Waals surface area contributed by atoms with Crippen LogP contribution in [0.3, 0.4) is 0 Å². The molecule has 8 nitrogen and oxygen atoms in total. The molecular weight excluding hydrogens is 302 g/mol. The molecule has 0 amide bonds. The van der Waals surface area contributed by atoms with Crippen LogP contribution < -0.4 is 14.2 Å². The smallest absolute Gasteiger partial charge is 0.326 e. The zero-order chi connectivity index (χ0) is 16.4. The summed E-state index contributed by atoms with van der Waals surface area (Å²) in [6.07, 6.45) is 0.577. The van der Waals surface area contributed by atoms with Crippen LogP contribution in [0.15, 0.2) is 12.2 Å². The molecule has 0 spiro atoms. The molecule has 0 radical (unpaired) electrons. The first kappa shape index (κ1) is 15.9. The van der Waals surface area contributed by atoms with Gasteiger partial charge in [0.25, 0.3) is 0 Å². The van der Waals surface area contributed by atoms with Gasteiger partial charge in [-0.3, -0.25) is 0 Å². The van der Waals surface area contributed by atoms with Gasteiger partial charge in [0.05, 0.1) is 12.2 Å². The Morgan fingerprint density at radius 2 is 1.30 bits per heavy atom. The summed E-state index contributed by atoms with van der Waals surface area (Å²) in [7, 11) is 0. The van der Waals surface area contributed by atoms with Crippen LogP contribution in [0.4, 0.5) is 0 Å². The van der Waals surface area contributed by atoms with Gasteiger partial charge in [0.1, 0.15) is 32.0 Å². The van der Waals surface area contributed by atoms with Crippen molar-refractivity contribution in [3.05, 3.63) is 12.2 Å². The van der Waals surface area contributed by atoms with E-state index in [0.29, 0.717) is 19.8 Å². The molecular formula is C15H21N3O5. The normalized spacial score (nSPS) is 28.1. The van der Waals surface area contributed by atoms with E-state index in [1.165, 1.54) is 0 Å². The highest BCUT2D eigenvalue weighted by Gasteiger charge is 2.36. The summed E-state index contributed by atoms with van der Waals surface area (Å²) in [6.45, 7) is 10.7. The highest BCUT2D eigenvalue weighted by atomic mass is 16.6. The number of nitrogens with zero attached hydrogens (tertiary/aromatic N) is 3. The van der Waals surface area contributed by atoms with E-state index in [2.05, 4.69) is 21.5 Å². The van der Waals surface area contributed by atoms with Crippen LogP contribution in [-0.2, 0) is 9.47 Å². The van der Waals surface area contributed by atoms with Gasteiger partial charge in [0, 0.05) is 0 Å². The van der Waals surface area contributed by atoms with E-state index >= 15 is 0 Å². The Kier molecular flexibility index (Phi) is 4.63. The zero-order valence-corrected chi connectivity index (χ0v) is 13.5. The molecule has 126 valence electrons. The Labute approximate surface area is 134 Å². The molecule has 0 bridgehead atoms. The van der Waals surface area contributed by atoms with Crippen molar-refractivity contribution in [1.82, 2.24) is 15.0 Å². The van der Waals surface area contributed by atoms with Crippen molar-refractivity contribution in [2.45, 2.75) is 45.2 Å². The van der Waals surface area contributed by atoms with Crippen LogP contribution >= 0.6 is 0 Å². The molecule has 1 aromatic rings. The Bertz CT molecular complexity index is 544. The van der Waals surface area contributed by atoms with Crippen molar-refractivity contribution in [2.75, 3.05) is 19.8 Å². The second-order valence-corrected chi connectivity index (χ2v) is 5.81.